The predicted octanol–water partition coefficient (Wildman–Crippen LogP) is 2.10. The van der Waals surface area contributed by atoms with E-state index in [1.807, 2.05) is 0 Å². The average molecular weight is 261 g/mol. The van der Waals surface area contributed by atoms with Crippen LogP contribution in [0.5, 0.6) is 0 Å². The first kappa shape index (κ1) is 8.71. The molecular formula is C7H5BrN2O2S. The maximum Gasteiger partial charge on any atom is 0.352 e. The average Bonchev–Trinajstić information content (AvgIpc) is 2.51. The SMILES string of the molecule is Cn1c(C(=O)O)cc2nc(Br)sc21. The van der Waals surface area contributed by atoms with Crippen molar-refractivity contribution in [3.63, 3.8) is 0 Å². The summed E-state index contributed by atoms with van der Waals surface area (Å²) >= 11 is 4.67. The molecule has 6 heteroatoms. The highest BCUT2D eigenvalue weighted by Gasteiger charge is 2.14. The van der Waals surface area contributed by atoms with E-state index in [9.17, 15) is 4.79 Å². The summed E-state index contributed by atoms with van der Waals surface area (Å²) in [6.45, 7) is 0. The van der Waals surface area contributed by atoms with Gasteiger partial charge < -0.3 is 9.67 Å². The quantitative estimate of drug-likeness (QED) is 0.855. The van der Waals surface area contributed by atoms with Gasteiger partial charge in [-0.05, 0) is 22.0 Å². The molecule has 0 aliphatic heterocycles. The largest absolute Gasteiger partial charge is 0.477 e. The molecule has 0 aromatic carbocycles. The Labute approximate surface area is 85.9 Å². The van der Waals surface area contributed by atoms with Gasteiger partial charge in [0.15, 0.2) is 3.92 Å². The van der Waals surface area contributed by atoms with Crippen molar-refractivity contribution in [2.45, 2.75) is 0 Å². The first-order chi connectivity index (χ1) is 6.09. The zero-order valence-electron chi connectivity index (χ0n) is 6.61. The Bertz CT molecular complexity index is 488. The first-order valence-electron chi connectivity index (χ1n) is 3.44. The van der Waals surface area contributed by atoms with Crippen molar-refractivity contribution in [2.24, 2.45) is 7.05 Å². The number of hydrogen-bond donors (Lipinski definition) is 1. The molecule has 4 nitrogen and oxygen atoms in total. The number of carboxylic acids is 1. The molecule has 0 aliphatic rings. The maximum absolute atomic E-state index is 10.7. The normalized spacial score (nSPS) is 10.9. The number of aryl methyl sites for hydroxylation is 1. The van der Waals surface area contributed by atoms with Gasteiger partial charge in [-0.2, -0.15) is 0 Å². The van der Waals surface area contributed by atoms with Crippen LogP contribution < -0.4 is 0 Å². The van der Waals surface area contributed by atoms with E-state index < -0.39 is 5.97 Å². The number of carboxylic acid groups (broad SMARTS) is 1. The van der Waals surface area contributed by atoms with E-state index in [2.05, 4.69) is 20.9 Å². The van der Waals surface area contributed by atoms with Gasteiger partial charge in [0.25, 0.3) is 0 Å². The highest BCUT2D eigenvalue weighted by Crippen LogP contribution is 2.28. The Kier molecular flexibility index (Phi) is 1.88. The minimum atomic E-state index is -0.927. The molecule has 0 bridgehead atoms. The van der Waals surface area contributed by atoms with E-state index in [0.29, 0.717) is 0 Å². The standard InChI is InChI=1S/C7H5BrN2O2S/c1-10-4(6(11)12)2-3-5(10)13-7(8)9-3/h2H,1H3,(H,11,12). The molecule has 0 atom stereocenters. The lowest BCUT2D eigenvalue weighted by molar-refractivity contribution is 0.0687. The number of carbonyl (C=O) groups is 1. The van der Waals surface area contributed by atoms with Crippen molar-refractivity contribution in [2.75, 3.05) is 0 Å². The summed E-state index contributed by atoms with van der Waals surface area (Å²) in [6.07, 6.45) is 0. The number of aromatic carboxylic acids is 1. The highest BCUT2D eigenvalue weighted by molar-refractivity contribution is 9.11. The third kappa shape index (κ3) is 1.26. The maximum atomic E-state index is 10.7. The third-order valence-electron chi connectivity index (χ3n) is 1.77. The summed E-state index contributed by atoms with van der Waals surface area (Å²) in [7, 11) is 1.72. The molecule has 2 aromatic rings. The summed E-state index contributed by atoms with van der Waals surface area (Å²) in [5.41, 5.74) is 0.984. The number of nitrogens with zero attached hydrogens (tertiary/aromatic N) is 2. The topological polar surface area (TPSA) is 55.1 Å². The van der Waals surface area contributed by atoms with Crippen LogP contribution >= 0.6 is 27.3 Å². The van der Waals surface area contributed by atoms with Crippen molar-refractivity contribution in [3.8, 4) is 0 Å². The smallest absolute Gasteiger partial charge is 0.352 e. The number of rotatable bonds is 1. The molecule has 13 heavy (non-hydrogen) atoms. The first-order valence-corrected chi connectivity index (χ1v) is 5.05. The van der Waals surface area contributed by atoms with Crippen LogP contribution in [0, 0.1) is 0 Å². The van der Waals surface area contributed by atoms with Crippen LogP contribution in [0.1, 0.15) is 10.5 Å². The van der Waals surface area contributed by atoms with Gasteiger partial charge in [-0.1, -0.05) is 11.3 Å². The van der Waals surface area contributed by atoms with Gasteiger partial charge in [0.1, 0.15) is 16.0 Å². The zero-order chi connectivity index (χ0) is 9.59. The second kappa shape index (κ2) is 2.81. The molecule has 0 aliphatic carbocycles. The second-order valence-electron chi connectivity index (χ2n) is 2.55. The van der Waals surface area contributed by atoms with Crippen molar-refractivity contribution < 1.29 is 9.90 Å². The van der Waals surface area contributed by atoms with E-state index in [0.717, 1.165) is 14.3 Å². The van der Waals surface area contributed by atoms with Gasteiger partial charge in [-0.25, -0.2) is 9.78 Å². The monoisotopic (exact) mass is 260 g/mol. The fraction of sp³-hybridized carbons (Fsp3) is 0.143. The van der Waals surface area contributed by atoms with Crippen LogP contribution in [-0.2, 0) is 7.05 Å². The Morgan fingerprint density at radius 2 is 2.46 bits per heavy atom. The molecular weight excluding hydrogens is 256 g/mol. The van der Waals surface area contributed by atoms with Crippen molar-refractivity contribution in [3.05, 3.63) is 15.7 Å². The van der Waals surface area contributed by atoms with Crippen molar-refractivity contribution in [1.29, 1.82) is 0 Å². The van der Waals surface area contributed by atoms with Crippen LogP contribution in [0.2, 0.25) is 0 Å². The van der Waals surface area contributed by atoms with Gasteiger partial charge in [-0.15, -0.1) is 0 Å². The number of fused-ring (bicyclic) bond motifs is 1. The summed E-state index contributed by atoms with van der Waals surface area (Å²) in [5, 5.41) is 8.80. The second-order valence-corrected chi connectivity index (χ2v) is 4.80. The number of halogens is 1. The minimum absolute atomic E-state index is 0.265. The lowest BCUT2D eigenvalue weighted by atomic mass is 10.4. The Morgan fingerprint density at radius 1 is 1.77 bits per heavy atom. The summed E-state index contributed by atoms with van der Waals surface area (Å²) in [6, 6.07) is 1.57. The third-order valence-corrected chi connectivity index (χ3v) is 3.37. The predicted molar refractivity (Wildman–Crippen MR) is 53.3 cm³/mol. The molecule has 0 saturated carbocycles. The Balaban J connectivity index is 2.76. The molecule has 2 aromatic heterocycles. The van der Waals surface area contributed by atoms with Gasteiger partial charge in [0, 0.05) is 7.05 Å². The fourth-order valence-electron chi connectivity index (χ4n) is 1.17. The zero-order valence-corrected chi connectivity index (χ0v) is 9.02. The van der Waals surface area contributed by atoms with E-state index in [4.69, 9.17) is 5.11 Å². The number of hydrogen-bond acceptors (Lipinski definition) is 3. The van der Waals surface area contributed by atoms with Gasteiger partial charge >= 0.3 is 5.97 Å². The Morgan fingerprint density at radius 3 is 3.00 bits per heavy atom. The van der Waals surface area contributed by atoms with Crippen LogP contribution in [0.15, 0.2) is 9.98 Å². The molecule has 1 N–H and O–H groups in total. The molecule has 2 rings (SSSR count). The van der Waals surface area contributed by atoms with Crippen LogP contribution in [0.4, 0.5) is 0 Å². The fourth-order valence-corrected chi connectivity index (χ4v) is 2.57. The summed E-state index contributed by atoms with van der Waals surface area (Å²) < 4.78 is 2.39. The minimum Gasteiger partial charge on any atom is -0.477 e. The van der Waals surface area contributed by atoms with Crippen LogP contribution in [0.3, 0.4) is 0 Å². The molecule has 0 saturated heterocycles. The molecule has 0 fully saturated rings. The highest BCUT2D eigenvalue weighted by atomic mass is 79.9. The number of aromatic nitrogens is 2. The molecule has 0 spiro atoms. The van der Waals surface area contributed by atoms with Gasteiger partial charge in [0.05, 0.1) is 0 Å². The molecule has 2 heterocycles. The van der Waals surface area contributed by atoms with E-state index >= 15 is 0 Å². The van der Waals surface area contributed by atoms with Crippen molar-refractivity contribution >= 4 is 43.6 Å². The lowest BCUT2D eigenvalue weighted by Crippen LogP contribution is -2.03. The Hall–Kier alpha value is -0.880. The van der Waals surface area contributed by atoms with Gasteiger partial charge in [0.2, 0.25) is 0 Å². The van der Waals surface area contributed by atoms with Gasteiger partial charge in [-0.3, -0.25) is 0 Å². The van der Waals surface area contributed by atoms with E-state index in [1.54, 1.807) is 17.7 Å². The lowest BCUT2D eigenvalue weighted by Gasteiger charge is -1.95. The molecule has 68 valence electrons. The van der Waals surface area contributed by atoms with Crippen LogP contribution in [-0.4, -0.2) is 20.6 Å². The summed E-state index contributed by atoms with van der Waals surface area (Å²) in [4.78, 5) is 15.7. The number of thiazole rings is 1. The summed E-state index contributed by atoms with van der Waals surface area (Å²) in [5.74, 6) is -0.927. The van der Waals surface area contributed by atoms with Crippen LogP contribution in [0.25, 0.3) is 10.3 Å². The van der Waals surface area contributed by atoms with E-state index in [-0.39, 0.29) is 5.69 Å². The van der Waals surface area contributed by atoms with Crippen molar-refractivity contribution in [1.82, 2.24) is 9.55 Å². The molecule has 0 amide bonds. The molecule has 0 radical (unpaired) electrons. The van der Waals surface area contributed by atoms with E-state index in [1.165, 1.54) is 11.3 Å². The molecule has 0 unspecified atom stereocenters.